The number of carbonyl (C=O) groups excluding carboxylic acids is 2. The first kappa shape index (κ1) is 32.0. The molecule has 0 bridgehead atoms. The summed E-state index contributed by atoms with van der Waals surface area (Å²) in [7, 11) is -2.61. The first-order valence-corrected chi connectivity index (χ1v) is 16.3. The number of anilines is 1. The summed E-state index contributed by atoms with van der Waals surface area (Å²) in [6, 6.07) is 29.9. The zero-order chi connectivity index (χ0) is 31.0. The molecule has 0 aliphatic carbocycles. The number of sulfonamides is 1. The van der Waals surface area contributed by atoms with Crippen molar-refractivity contribution in [2.24, 2.45) is 0 Å². The first-order chi connectivity index (χ1) is 20.6. The van der Waals surface area contributed by atoms with Crippen LogP contribution >= 0.6 is 15.9 Å². The summed E-state index contributed by atoms with van der Waals surface area (Å²) in [5.74, 6) is -0.828. The number of nitrogens with one attached hydrogen (secondary N) is 1. The molecule has 1 N–H and O–H groups in total. The molecule has 0 aliphatic heterocycles. The molecule has 0 unspecified atom stereocenters. The Bertz CT molecular complexity index is 1640. The van der Waals surface area contributed by atoms with Crippen LogP contribution in [-0.4, -0.2) is 44.8 Å². The summed E-state index contributed by atoms with van der Waals surface area (Å²) in [4.78, 5) is 29.4. The molecule has 43 heavy (non-hydrogen) atoms. The van der Waals surface area contributed by atoms with E-state index in [1.54, 1.807) is 36.4 Å². The Labute approximate surface area is 262 Å². The van der Waals surface area contributed by atoms with E-state index in [9.17, 15) is 18.0 Å². The number of hydrogen-bond donors (Lipinski definition) is 1. The van der Waals surface area contributed by atoms with Gasteiger partial charge in [0.2, 0.25) is 11.8 Å². The monoisotopic (exact) mass is 661 g/mol. The molecule has 0 aromatic heterocycles. The van der Waals surface area contributed by atoms with Crippen molar-refractivity contribution in [1.29, 1.82) is 0 Å². The molecule has 224 valence electrons. The molecule has 0 saturated carbocycles. The Kier molecular flexibility index (Phi) is 10.8. The molecular weight excluding hydrogens is 626 g/mol. The van der Waals surface area contributed by atoms with Crippen LogP contribution < -0.4 is 9.62 Å². The van der Waals surface area contributed by atoms with Gasteiger partial charge in [-0.05, 0) is 60.4 Å². The van der Waals surface area contributed by atoms with Crippen molar-refractivity contribution in [3.8, 4) is 0 Å². The Hall–Kier alpha value is -3.95. The molecular formula is C34H36BrN3O4S. The molecule has 4 rings (SSSR count). The van der Waals surface area contributed by atoms with Crippen molar-refractivity contribution in [2.75, 3.05) is 17.9 Å². The standard InChI is InChI=1S/C34H36BrN3O4S/c1-4-28-12-8-9-13-31(28)38(43(41,42)30-20-14-25(2)15-21-30)24-33(39)37(23-27-16-18-29(35)19-17-27)32(34(40)36-3)22-26-10-6-5-7-11-26/h5-21,32H,4,22-24H2,1-3H3,(H,36,40)/t32-/m1/s1. The third-order valence-electron chi connectivity index (χ3n) is 7.31. The van der Waals surface area contributed by atoms with Crippen LogP contribution in [0.3, 0.4) is 0 Å². The summed E-state index contributed by atoms with van der Waals surface area (Å²) >= 11 is 3.45. The number of aryl methyl sites for hydroxylation is 2. The maximum Gasteiger partial charge on any atom is 0.264 e. The summed E-state index contributed by atoms with van der Waals surface area (Å²) < 4.78 is 30.4. The van der Waals surface area contributed by atoms with Crippen molar-refractivity contribution in [3.63, 3.8) is 0 Å². The predicted octanol–water partition coefficient (Wildman–Crippen LogP) is 5.90. The minimum atomic E-state index is -4.14. The van der Waals surface area contributed by atoms with Gasteiger partial charge in [0.05, 0.1) is 10.6 Å². The number of benzene rings is 4. The molecule has 4 aromatic carbocycles. The van der Waals surface area contributed by atoms with Crippen molar-refractivity contribution in [3.05, 3.63) is 130 Å². The van der Waals surface area contributed by atoms with Crippen LogP contribution in [0.25, 0.3) is 0 Å². The van der Waals surface area contributed by atoms with E-state index in [0.29, 0.717) is 12.1 Å². The molecule has 0 radical (unpaired) electrons. The maximum atomic E-state index is 14.4. The van der Waals surface area contributed by atoms with Crippen LogP contribution in [0.15, 0.2) is 112 Å². The molecule has 0 aliphatic rings. The fourth-order valence-corrected chi connectivity index (χ4v) is 6.63. The van der Waals surface area contributed by atoms with E-state index >= 15 is 0 Å². The third-order valence-corrected chi connectivity index (χ3v) is 9.62. The molecule has 0 heterocycles. The number of amides is 2. The van der Waals surface area contributed by atoms with Crippen LogP contribution in [0.1, 0.15) is 29.2 Å². The van der Waals surface area contributed by atoms with Crippen LogP contribution in [0.4, 0.5) is 5.69 Å². The minimum absolute atomic E-state index is 0.0865. The number of likely N-dealkylation sites (N-methyl/N-ethyl adjacent to an activating group) is 1. The van der Waals surface area contributed by atoms with Gasteiger partial charge in [-0.25, -0.2) is 8.42 Å². The van der Waals surface area contributed by atoms with Gasteiger partial charge in [-0.3, -0.25) is 13.9 Å². The average Bonchev–Trinajstić information content (AvgIpc) is 3.02. The van der Waals surface area contributed by atoms with Crippen molar-refractivity contribution in [2.45, 2.75) is 44.2 Å². The second kappa shape index (κ2) is 14.5. The highest BCUT2D eigenvalue weighted by molar-refractivity contribution is 9.10. The van der Waals surface area contributed by atoms with E-state index in [-0.39, 0.29) is 23.8 Å². The second-order valence-electron chi connectivity index (χ2n) is 10.3. The van der Waals surface area contributed by atoms with Gasteiger partial charge in [-0.1, -0.05) is 101 Å². The van der Waals surface area contributed by atoms with Crippen molar-refractivity contribution in [1.82, 2.24) is 10.2 Å². The van der Waals surface area contributed by atoms with Crippen LogP contribution in [0, 0.1) is 6.92 Å². The van der Waals surface area contributed by atoms with E-state index in [4.69, 9.17) is 0 Å². The summed E-state index contributed by atoms with van der Waals surface area (Å²) in [6.07, 6.45) is 0.834. The van der Waals surface area contributed by atoms with E-state index in [2.05, 4.69) is 21.2 Å². The largest absolute Gasteiger partial charge is 0.357 e. The topological polar surface area (TPSA) is 86.8 Å². The minimum Gasteiger partial charge on any atom is -0.357 e. The highest BCUT2D eigenvalue weighted by Crippen LogP contribution is 2.29. The van der Waals surface area contributed by atoms with Gasteiger partial charge in [-0.2, -0.15) is 0 Å². The molecule has 0 fully saturated rings. The SMILES string of the molecule is CCc1ccccc1N(CC(=O)N(Cc1ccc(Br)cc1)[C@H](Cc1ccccc1)C(=O)NC)S(=O)(=O)c1ccc(C)cc1. The number of hydrogen-bond acceptors (Lipinski definition) is 4. The van der Waals surface area contributed by atoms with Gasteiger partial charge in [0, 0.05) is 24.5 Å². The Morgan fingerprint density at radius 2 is 1.47 bits per heavy atom. The lowest BCUT2D eigenvalue weighted by atomic mass is 10.0. The zero-order valence-corrected chi connectivity index (χ0v) is 26.9. The molecule has 1 atom stereocenters. The number of halogens is 1. The fraction of sp³-hybridized carbons (Fsp3) is 0.235. The van der Waals surface area contributed by atoms with Crippen molar-refractivity contribution < 1.29 is 18.0 Å². The van der Waals surface area contributed by atoms with E-state index in [1.165, 1.54) is 16.3 Å². The molecule has 4 aromatic rings. The summed E-state index contributed by atoms with van der Waals surface area (Å²) in [5, 5.41) is 2.71. The van der Waals surface area contributed by atoms with Gasteiger partial charge in [0.15, 0.2) is 0 Å². The Morgan fingerprint density at radius 1 is 0.837 bits per heavy atom. The zero-order valence-electron chi connectivity index (χ0n) is 24.5. The first-order valence-electron chi connectivity index (χ1n) is 14.1. The van der Waals surface area contributed by atoms with E-state index in [0.717, 1.165) is 26.7 Å². The Morgan fingerprint density at radius 3 is 2.09 bits per heavy atom. The fourth-order valence-electron chi connectivity index (χ4n) is 4.91. The van der Waals surface area contributed by atoms with Crippen LogP contribution in [-0.2, 0) is 39.0 Å². The maximum absolute atomic E-state index is 14.4. The number of nitrogens with zero attached hydrogens (tertiary/aromatic N) is 2. The molecule has 0 spiro atoms. The summed E-state index contributed by atoms with van der Waals surface area (Å²) in [6.45, 7) is 3.46. The van der Waals surface area contributed by atoms with Gasteiger partial charge in [-0.15, -0.1) is 0 Å². The molecule has 7 nitrogen and oxygen atoms in total. The predicted molar refractivity (Wildman–Crippen MR) is 174 cm³/mol. The third kappa shape index (κ3) is 7.91. The van der Waals surface area contributed by atoms with Crippen molar-refractivity contribution >= 4 is 43.5 Å². The lowest BCUT2D eigenvalue weighted by molar-refractivity contribution is -0.139. The average molecular weight is 663 g/mol. The lowest BCUT2D eigenvalue weighted by Crippen LogP contribution is -2.53. The van der Waals surface area contributed by atoms with Crippen LogP contribution in [0.2, 0.25) is 0 Å². The molecule has 9 heteroatoms. The molecule has 2 amide bonds. The van der Waals surface area contributed by atoms with E-state index in [1.807, 2.05) is 80.6 Å². The number of carbonyl (C=O) groups is 2. The Balaban J connectivity index is 1.81. The van der Waals surface area contributed by atoms with Crippen LogP contribution in [0.5, 0.6) is 0 Å². The number of para-hydroxylation sites is 1. The normalized spacial score (nSPS) is 11.9. The molecule has 0 saturated heterocycles. The second-order valence-corrected chi connectivity index (χ2v) is 13.1. The lowest BCUT2D eigenvalue weighted by Gasteiger charge is -2.34. The number of rotatable bonds is 12. The van der Waals surface area contributed by atoms with Gasteiger partial charge in [0.1, 0.15) is 12.6 Å². The van der Waals surface area contributed by atoms with Gasteiger partial charge >= 0.3 is 0 Å². The van der Waals surface area contributed by atoms with E-state index < -0.39 is 28.5 Å². The highest BCUT2D eigenvalue weighted by Gasteiger charge is 2.34. The van der Waals surface area contributed by atoms with Gasteiger partial charge in [0.25, 0.3) is 10.0 Å². The van der Waals surface area contributed by atoms with Gasteiger partial charge < -0.3 is 10.2 Å². The summed E-state index contributed by atoms with van der Waals surface area (Å²) in [5.41, 5.74) is 3.83. The highest BCUT2D eigenvalue weighted by atomic mass is 79.9. The smallest absolute Gasteiger partial charge is 0.264 e. The quantitative estimate of drug-likeness (QED) is 0.205.